The molecule has 0 saturated heterocycles. The van der Waals surface area contributed by atoms with Gasteiger partial charge in [0.15, 0.2) is 0 Å². The minimum atomic E-state index is -0.378. The van der Waals surface area contributed by atoms with Gasteiger partial charge in [0.05, 0.1) is 0 Å². The molecule has 1 aromatic heterocycles. The first-order valence-corrected chi connectivity index (χ1v) is 5.00. The molecule has 0 aliphatic carbocycles. The van der Waals surface area contributed by atoms with Crippen molar-refractivity contribution in [3.8, 4) is 0 Å². The molecule has 3 heteroatoms. The minimum absolute atomic E-state index is 0.378. The standard InChI is InChI=1S/C11H17FN2/c1-7(2)5-6-10-13-9(4)8(3)11(12)14-10/h7H,5-6H2,1-4H3. The number of aromatic nitrogens is 2. The van der Waals surface area contributed by atoms with E-state index in [9.17, 15) is 4.39 Å². The first-order chi connectivity index (χ1) is 6.50. The lowest BCUT2D eigenvalue weighted by Gasteiger charge is -2.06. The molecule has 0 atom stereocenters. The second-order valence-corrected chi connectivity index (χ2v) is 4.07. The van der Waals surface area contributed by atoms with Gasteiger partial charge in [-0.25, -0.2) is 9.97 Å². The lowest BCUT2D eigenvalue weighted by Crippen LogP contribution is -2.04. The van der Waals surface area contributed by atoms with Gasteiger partial charge in [-0.2, -0.15) is 4.39 Å². The van der Waals surface area contributed by atoms with Crippen LogP contribution < -0.4 is 0 Å². The van der Waals surface area contributed by atoms with Gasteiger partial charge in [0.25, 0.3) is 0 Å². The Kier molecular flexibility index (Phi) is 3.55. The van der Waals surface area contributed by atoms with Crippen LogP contribution in [0.15, 0.2) is 0 Å². The van der Waals surface area contributed by atoms with Gasteiger partial charge in [0.1, 0.15) is 5.82 Å². The van der Waals surface area contributed by atoms with Gasteiger partial charge in [0.2, 0.25) is 5.95 Å². The Morgan fingerprint density at radius 2 is 1.86 bits per heavy atom. The Hall–Kier alpha value is -0.990. The highest BCUT2D eigenvalue weighted by Crippen LogP contribution is 2.10. The summed E-state index contributed by atoms with van der Waals surface area (Å²) in [6.45, 7) is 7.80. The summed E-state index contributed by atoms with van der Waals surface area (Å²) in [6.07, 6.45) is 1.76. The zero-order valence-corrected chi connectivity index (χ0v) is 9.26. The summed E-state index contributed by atoms with van der Waals surface area (Å²) in [5.74, 6) is 0.846. The highest BCUT2D eigenvalue weighted by atomic mass is 19.1. The second kappa shape index (κ2) is 4.49. The van der Waals surface area contributed by atoms with Crippen LogP contribution in [-0.2, 0) is 6.42 Å². The summed E-state index contributed by atoms with van der Waals surface area (Å²) in [6, 6.07) is 0. The first kappa shape index (κ1) is 11.1. The van der Waals surface area contributed by atoms with E-state index in [1.807, 2.05) is 6.92 Å². The highest BCUT2D eigenvalue weighted by Gasteiger charge is 2.07. The Morgan fingerprint density at radius 3 is 2.36 bits per heavy atom. The molecule has 0 aliphatic rings. The fourth-order valence-corrected chi connectivity index (χ4v) is 1.18. The smallest absolute Gasteiger partial charge is 0.219 e. The SMILES string of the molecule is Cc1nc(CCC(C)C)nc(F)c1C. The van der Waals surface area contributed by atoms with Gasteiger partial charge < -0.3 is 0 Å². The molecular weight excluding hydrogens is 179 g/mol. The minimum Gasteiger partial charge on any atom is -0.238 e. The molecule has 0 aliphatic heterocycles. The summed E-state index contributed by atoms with van der Waals surface area (Å²) in [7, 11) is 0. The summed E-state index contributed by atoms with van der Waals surface area (Å²) in [5.41, 5.74) is 1.30. The normalized spacial score (nSPS) is 11.0. The van der Waals surface area contributed by atoms with Crippen LogP contribution in [0, 0.1) is 25.7 Å². The predicted octanol–water partition coefficient (Wildman–Crippen LogP) is 2.82. The largest absolute Gasteiger partial charge is 0.238 e. The van der Waals surface area contributed by atoms with Crippen LogP contribution in [0.5, 0.6) is 0 Å². The Bertz CT molecular complexity index is 298. The van der Waals surface area contributed by atoms with Crippen molar-refractivity contribution in [1.82, 2.24) is 9.97 Å². The molecule has 0 bridgehead atoms. The summed E-state index contributed by atoms with van der Waals surface area (Å²) < 4.78 is 13.2. The maximum Gasteiger partial charge on any atom is 0.219 e. The third-order valence-electron chi connectivity index (χ3n) is 2.32. The number of rotatable bonds is 3. The first-order valence-electron chi connectivity index (χ1n) is 5.00. The van der Waals surface area contributed by atoms with E-state index in [4.69, 9.17) is 0 Å². The summed E-state index contributed by atoms with van der Waals surface area (Å²) in [5, 5.41) is 0. The molecule has 14 heavy (non-hydrogen) atoms. The van der Waals surface area contributed by atoms with E-state index in [0.717, 1.165) is 18.5 Å². The van der Waals surface area contributed by atoms with Crippen LogP contribution in [0.25, 0.3) is 0 Å². The molecule has 0 saturated carbocycles. The van der Waals surface area contributed by atoms with Crippen molar-refractivity contribution < 1.29 is 4.39 Å². The Morgan fingerprint density at radius 1 is 1.21 bits per heavy atom. The van der Waals surface area contributed by atoms with Crippen molar-refractivity contribution in [2.45, 2.75) is 40.5 Å². The van der Waals surface area contributed by atoms with E-state index in [1.165, 1.54) is 0 Å². The highest BCUT2D eigenvalue weighted by molar-refractivity contribution is 5.15. The Labute approximate surface area is 84.6 Å². The molecule has 0 amide bonds. The molecule has 1 aromatic rings. The molecule has 0 spiro atoms. The van der Waals surface area contributed by atoms with Gasteiger partial charge in [0, 0.05) is 17.7 Å². The maximum absolute atomic E-state index is 13.2. The number of halogens is 1. The topological polar surface area (TPSA) is 25.8 Å². The average Bonchev–Trinajstić information content (AvgIpc) is 2.10. The van der Waals surface area contributed by atoms with Crippen LogP contribution in [-0.4, -0.2) is 9.97 Å². The molecule has 1 rings (SSSR count). The van der Waals surface area contributed by atoms with Crippen LogP contribution in [0.4, 0.5) is 4.39 Å². The zero-order valence-electron chi connectivity index (χ0n) is 9.26. The van der Waals surface area contributed by atoms with Crippen molar-refractivity contribution in [2.75, 3.05) is 0 Å². The van der Waals surface area contributed by atoms with Gasteiger partial charge in [-0.3, -0.25) is 0 Å². The second-order valence-electron chi connectivity index (χ2n) is 4.07. The van der Waals surface area contributed by atoms with Crippen LogP contribution in [0.3, 0.4) is 0 Å². The summed E-state index contributed by atoms with van der Waals surface area (Å²) >= 11 is 0. The van der Waals surface area contributed by atoms with Gasteiger partial charge in [-0.05, 0) is 26.2 Å². The molecule has 0 radical (unpaired) electrons. The van der Waals surface area contributed by atoms with Crippen LogP contribution >= 0.6 is 0 Å². The molecule has 78 valence electrons. The van der Waals surface area contributed by atoms with Crippen molar-refractivity contribution in [3.05, 3.63) is 23.0 Å². The van der Waals surface area contributed by atoms with E-state index in [-0.39, 0.29) is 5.95 Å². The lowest BCUT2D eigenvalue weighted by atomic mass is 10.1. The molecular formula is C11H17FN2. The van der Waals surface area contributed by atoms with Gasteiger partial charge in [-0.1, -0.05) is 13.8 Å². The average molecular weight is 196 g/mol. The van der Waals surface area contributed by atoms with Gasteiger partial charge >= 0.3 is 0 Å². The summed E-state index contributed by atoms with van der Waals surface area (Å²) in [4.78, 5) is 8.08. The van der Waals surface area contributed by atoms with Crippen molar-refractivity contribution in [3.63, 3.8) is 0 Å². The van der Waals surface area contributed by atoms with E-state index in [0.29, 0.717) is 17.3 Å². The number of nitrogens with zero attached hydrogens (tertiary/aromatic N) is 2. The molecule has 1 heterocycles. The van der Waals surface area contributed by atoms with E-state index < -0.39 is 0 Å². The van der Waals surface area contributed by atoms with Crippen LogP contribution in [0.1, 0.15) is 37.4 Å². The monoisotopic (exact) mass is 196 g/mol. The Balaban J connectivity index is 2.79. The third kappa shape index (κ3) is 2.76. The molecule has 2 nitrogen and oxygen atoms in total. The van der Waals surface area contributed by atoms with Gasteiger partial charge in [-0.15, -0.1) is 0 Å². The zero-order chi connectivity index (χ0) is 10.7. The number of hydrogen-bond acceptors (Lipinski definition) is 2. The quantitative estimate of drug-likeness (QED) is 0.695. The maximum atomic E-state index is 13.2. The number of hydrogen-bond donors (Lipinski definition) is 0. The number of aryl methyl sites for hydroxylation is 2. The third-order valence-corrected chi connectivity index (χ3v) is 2.32. The van der Waals surface area contributed by atoms with E-state index in [2.05, 4.69) is 23.8 Å². The van der Waals surface area contributed by atoms with Crippen molar-refractivity contribution in [1.29, 1.82) is 0 Å². The van der Waals surface area contributed by atoms with E-state index >= 15 is 0 Å². The molecule has 0 fully saturated rings. The molecule has 0 N–H and O–H groups in total. The van der Waals surface area contributed by atoms with Crippen molar-refractivity contribution in [2.24, 2.45) is 5.92 Å². The van der Waals surface area contributed by atoms with Crippen molar-refractivity contribution >= 4 is 0 Å². The van der Waals surface area contributed by atoms with Crippen LogP contribution in [0.2, 0.25) is 0 Å². The molecule has 0 aromatic carbocycles. The molecule has 0 unspecified atom stereocenters. The predicted molar refractivity (Wildman–Crippen MR) is 54.6 cm³/mol. The fraction of sp³-hybridized carbons (Fsp3) is 0.636. The lowest BCUT2D eigenvalue weighted by molar-refractivity contribution is 0.534. The van der Waals surface area contributed by atoms with E-state index in [1.54, 1.807) is 6.92 Å². The fourth-order valence-electron chi connectivity index (χ4n) is 1.18.